The lowest BCUT2D eigenvalue weighted by molar-refractivity contribution is 0.0935. The van der Waals surface area contributed by atoms with E-state index < -0.39 is 0 Å². The highest BCUT2D eigenvalue weighted by atomic mass is 32.1. The van der Waals surface area contributed by atoms with Crippen LogP contribution in [0.2, 0.25) is 0 Å². The van der Waals surface area contributed by atoms with E-state index in [-0.39, 0.29) is 5.91 Å². The fraction of sp³-hybridized carbons (Fsp3) is 0.533. The van der Waals surface area contributed by atoms with E-state index in [4.69, 9.17) is 0 Å². The maximum absolute atomic E-state index is 12.5. The van der Waals surface area contributed by atoms with Gasteiger partial charge in [-0.15, -0.1) is 16.4 Å². The van der Waals surface area contributed by atoms with Crippen molar-refractivity contribution in [2.45, 2.75) is 51.0 Å². The van der Waals surface area contributed by atoms with Gasteiger partial charge in [0.2, 0.25) is 0 Å². The number of rotatable bonds is 3. The van der Waals surface area contributed by atoms with Gasteiger partial charge in [-0.25, -0.2) is 0 Å². The molecule has 2 heterocycles. The quantitative estimate of drug-likeness (QED) is 0.925. The van der Waals surface area contributed by atoms with Crippen LogP contribution in [0, 0.1) is 0 Å². The minimum atomic E-state index is -0.0148. The van der Waals surface area contributed by atoms with E-state index in [1.165, 1.54) is 43.6 Å². The smallest absolute Gasteiger partial charge is 0.265 e. The van der Waals surface area contributed by atoms with Crippen molar-refractivity contribution in [1.29, 1.82) is 0 Å². The van der Waals surface area contributed by atoms with Crippen LogP contribution in [0.5, 0.6) is 0 Å². The van der Waals surface area contributed by atoms with Crippen molar-refractivity contribution in [3.05, 3.63) is 22.4 Å². The van der Waals surface area contributed by atoms with Crippen LogP contribution in [0.3, 0.4) is 0 Å². The molecule has 3 rings (SSSR count). The van der Waals surface area contributed by atoms with E-state index in [0.717, 1.165) is 23.4 Å². The first kappa shape index (κ1) is 14.7. The Kier molecular flexibility index (Phi) is 4.98. The standard InChI is InChI=1S/C15H19N3OS2/c19-15(16-11-7-4-2-1-3-5-8-11)14-13(17-18-21-14)12-9-6-10-20-12/h6,9-11H,1-5,7-8H2,(H,16,19). The van der Waals surface area contributed by atoms with E-state index >= 15 is 0 Å². The van der Waals surface area contributed by atoms with Crippen molar-refractivity contribution in [1.82, 2.24) is 14.9 Å². The summed E-state index contributed by atoms with van der Waals surface area (Å²) in [5.74, 6) is -0.0148. The summed E-state index contributed by atoms with van der Waals surface area (Å²) in [5.41, 5.74) is 0.721. The molecule has 1 N–H and O–H groups in total. The molecule has 21 heavy (non-hydrogen) atoms. The summed E-state index contributed by atoms with van der Waals surface area (Å²) in [6.07, 6.45) is 8.51. The fourth-order valence-corrected chi connectivity index (χ4v) is 4.13. The summed E-state index contributed by atoms with van der Waals surface area (Å²) in [6, 6.07) is 4.25. The fourth-order valence-electron chi connectivity index (χ4n) is 2.77. The summed E-state index contributed by atoms with van der Waals surface area (Å²) >= 11 is 2.78. The Hall–Kier alpha value is -1.27. The van der Waals surface area contributed by atoms with Gasteiger partial charge in [-0.2, -0.15) is 0 Å². The lowest BCUT2D eigenvalue weighted by atomic mass is 9.96. The van der Waals surface area contributed by atoms with Crippen molar-refractivity contribution < 1.29 is 4.79 Å². The first-order valence-electron chi connectivity index (χ1n) is 7.51. The van der Waals surface area contributed by atoms with Gasteiger partial charge in [0.05, 0.1) is 4.88 Å². The molecule has 0 unspecified atom stereocenters. The van der Waals surface area contributed by atoms with Gasteiger partial charge in [0.25, 0.3) is 5.91 Å². The molecule has 0 aliphatic heterocycles. The molecule has 2 aromatic heterocycles. The maximum Gasteiger partial charge on any atom is 0.265 e. The molecule has 1 saturated carbocycles. The summed E-state index contributed by atoms with van der Waals surface area (Å²) in [4.78, 5) is 14.2. The van der Waals surface area contributed by atoms with Crippen molar-refractivity contribution >= 4 is 28.8 Å². The molecule has 1 aliphatic rings. The van der Waals surface area contributed by atoms with Gasteiger partial charge >= 0.3 is 0 Å². The van der Waals surface area contributed by atoms with Gasteiger partial charge in [-0.05, 0) is 35.8 Å². The molecule has 2 aromatic rings. The first-order valence-corrected chi connectivity index (χ1v) is 9.17. The minimum absolute atomic E-state index is 0.0148. The summed E-state index contributed by atoms with van der Waals surface area (Å²) < 4.78 is 3.96. The maximum atomic E-state index is 12.5. The largest absolute Gasteiger partial charge is 0.348 e. The number of amides is 1. The van der Waals surface area contributed by atoms with Gasteiger partial charge in [0.15, 0.2) is 0 Å². The van der Waals surface area contributed by atoms with E-state index in [2.05, 4.69) is 14.9 Å². The normalized spacial score (nSPS) is 17.1. The Labute approximate surface area is 132 Å². The molecule has 112 valence electrons. The summed E-state index contributed by atoms with van der Waals surface area (Å²) in [6.45, 7) is 0. The van der Waals surface area contributed by atoms with E-state index in [0.29, 0.717) is 10.9 Å². The van der Waals surface area contributed by atoms with E-state index in [9.17, 15) is 4.79 Å². The highest BCUT2D eigenvalue weighted by Gasteiger charge is 2.21. The van der Waals surface area contributed by atoms with Gasteiger partial charge in [-0.1, -0.05) is 42.7 Å². The molecule has 0 atom stereocenters. The van der Waals surface area contributed by atoms with E-state index in [1.807, 2.05) is 17.5 Å². The third kappa shape index (κ3) is 3.68. The summed E-state index contributed by atoms with van der Waals surface area (Å²) in [5, 5.41) is 9.30. The molecule has 1 fully saturated rings. The molecular weight excluding hydrogens is 302 g/mol. The number of hydrogen-bond donors (Lipinski definition) is 1. The number of nitrogens with one attached hydrogen (secondary N) is 1. The van der Waals surface area contributed by atoms with Gasteiger partial charge in [0, 0.05) is 6.04 Å². The monoisotopic (exact) mass is 321 g/mol. The highest BCUT2D eigenvalue weighted by molar-refractivity contribution is 7.14. The average molecular weight is 321 g/mol. The van der Waals surface area contributed by atoms with Crippen LogP contribution in [-0.2, 0) is 0 Å². The van der Waals surface area contributed by atoms with Gasteiger partial charge in [0.1, 0.15) is 10.6 Å². The number of carbonyl (C=O) groups excluding carboxylic acids is 1. The number of carbonyl (C=O) groups is 1. The minimum Gasteiger partial charge on any atom is -0.348 e. The molecule has 4 nitrogen and oxygen atoms in total. The predicted octanol–water partition coefficient (Wildman–Crippen LogP) is 4.11. The second kappa shape index (κ2) is 7.13. The molecule has 0 bridgehead atoms. The Balaban J connectivity index is 1.69. The second-order valence-corrected chi connectivity index (χ2v) is 7.15. The molecule has 1 amide bonds. The third-order valence-corrected chi connectivity index (χ3v) is 5.49. The zero-order valence-corrected chi connectivity index (χ0v) is 13.5. The number of nitrogens with zero attached hydrogens (tertiary/aromatic N) is 2. The second-order valence-electron chi connectivity index (χ2n) is 5.44. The van der Waals surface area contributed by atoms with Crippen molar-refractivity contribution in [2.75, 3.05) is 0 Å². The zero-order chi connectivity index (χ0) is 14.5. The number of hydrogen-bond acceptors (Lipinski definition) is 5. The Morgan fingerprint density at radius 1 is 1.19 bits per heavy atom. The molecule has 0 aromatic carbocycles. The van der Waals surface area contributed by atoms with Crippen LogP contribution in [0.4, 0.5) is 0 Å². The lowest BCUT2D eigenvalue weighted by Gasteiger charge is -2.20. The molecule has 0 radical (unpaired) electrons. The van der Waals surface area contributed by atoms with Crippen LogP contribution in [-0.4, -0.2) is 21.5 Å². The van der Waals surface area contributed by atoms with Crippen LogP contribution in [0.25, 0.3) is 10.6 Å². The van der Waals surface area contributed by atoms with Crippen molar-refractivity contribution in [3.63, 3.8) is 0 Å². The topological polar surface area (TPSA) is 54.9 Å². The van der Waals surface area contributed by atoms with Crippen LogP contribution < -0.4 is 5.32 Å². The summed E-state index contributed by atoms with van der Waals surface area (Å²) in [7, 11) is 0. The highest BCUT2D eigenvalue weighted by Crippen LogP contribution is 2.28. The number of thiophene rings is 1. The van der Waals surface area contributed by atoms with Gasteiger partial charge < -0.3 is 5.32 Å². The van der Waals surface area contributed by atoms with Crippen LogP contribution in [0.15, 0.2) is 17.5 Å². The van der Waals surface area contributed by atoms with Crippen molar-refractivity contribution in [3.8, 4) is 10.6 Å². The molecule has 0 saturated heterocycles. The van der Waals surface area contributed by atoms with Crippen LogP contribution in [0.1, 0.15) is 54.6 Å². The first-order chi connectivity index (χ1) is 10.3. The Bertz CT molecular complexity index is 572. The lowest BCUT2D eigenvalue weighted by Crippen LogP contribution is -2.35. The molecule has 6 heteroatoms. The predicted molar refractivity (Wildman–Crippen MR) is 86.8 cm³/mol. The SMILES string of the molecule is O=C(NC1CCCCCCC1)c1snnc1-c1cccs1. The van der Waals surface area contributed by atoms with E-state index in [1.54, 1.807) is 11.3 Å². The van der Waals surface area contributed by atoms with Gasteiger partial charge in [-0.3, -0.25) is 4.79 Å². The van der Waals surface area contributed by atoms with Crippen LogP contribution >= 0.6 is 22.9 Å². The number of aromatic nitrogens is 2. The molecule has 1 aliphatic carbocycles. The Morgan fingerprint density at radius 3 is 2.67 bits per heavy atom. The third-order valence-electron chi connectivity index (χ3n) is 3.89. The Morgan fingerprint density at radius 2 is 1.95 bits per heavy atom. The molecular formula is C15H19N3OS2. The van der Waals surface area contributed by atoms with Crippen molar-refractivity contribution in [2.24, 2.45) is 0 Å². The zero-order valence-electron chi connectivity index (χ0n) is 11.9. The molecule has 0 spiro atoms. The average Bonchev–Trinajstić information content (AvgIpc) is 3.10.